The predicted octanol–water partition coefficient (Wildman–Crippen LogP) is -0.515. The standard InChI is InChI=1S/C10H17N5O3/c1-11-7-13-8(15-9(14-7)17-2)12-5-10(16)3-4-18-6-10/h16H,3-6H2,1-2H3,(H2,11,12,13,14,15). The number of nitrogens with zero attached hydrogens (tertiary/aromatic N) is 3. The molecule has 0 aromatic carbocycles. The molecule has 1 aliphatic heterocycles. The number of hydrogen-bond donors (Lipinski definition) is 3. The SMILES string of the molecule is CNc1nc(NCC2(O)CCOC2)nc(OC)n1. The Bertz CT molecular complexity index is 386. The molecule has 1 saturated heterocycles. The van der Waals surface area contributed by atoms with E-state index in [0.29, 0.717) is 38.1 Å². The molecule has 0 radical (unpaired) electrons. The summed E-state index contributed by atoms with van der Waals surface area (Å²) in [4.78, 5) is 12.1. The van der Waals surface area contributed by atoms with Gasteiger partial charge in [0.2, 0.25) is 11.9 Å². The fourth-order valence-corrected chi connectivity index (χ4v) is 1.62. The molecule has 2 rings (SSSR count). The maximum Gasteiger partial charge on any atom is 0.322 e. The summed E-state index contributed by atoms with van der Waals surface area (Å²) in [5, 5.41) is 15.9. The zero-order valence-electron chi connectivity index (χ0n) is 10.4. The van der Waals surface area contributed by atoms with Gasteiger partial charge in [-0.15, -0.1) is 0 Å². The van der Waals surface area contributed by atoms with Crippen molar-refractivity contribution in [3.8, 4) is 6.01 Å². The van der Waals surface area contributed by atoms with Crippen LogP contribution in [0.15, 0.2) is 0 Å². The molecule has 18 heavy (non-hydrogen) atoms. The molecule has 8 nitrogen and oxygen atoms in total. The molecule has 0 spiro atoms. The lowest BCUT2D eigenvalue weighted by Crippen LogP contribution is -2.37. The number of hydrogen-bond acceptors (Lipinski definition) is 8. The quantitative estimate of drug-likeness (QED) is 0.646. The van der Waals surface area contributed by atoms with Gasteiger partial charge in [-0.2, -0.15) is 15.0 Å². The molecule has 0 bridgehead atoms. The van der Waals surface area contributed by atoms with Crippen LogP contribution in [0.25, 0.3) is 0 Å². The molecule has 1 aromatic heterocycles. The molecular weight excluding hydrogens is 238 g/mol. The fourth-order valence-electron chi connectivity index (χ4n) is 1.62. The van der Waals surface area contributed by atoms with Gasteiger partial charge in [-0.3, -0.25) is 0 Å². The molecule has 0 saturated carbocycles. The van der Waals surface area contributed by atoms with Crippen LogP contribution < -0.4 is 15.4 Å². The van der Waals surface area contributed by atoms with Crippen molar-refractivity contribution in [2.45, 2.75) is 12.0 Å². The zero-order valence-corrected chi connectivity index (χ0v) is 10.4. The molecule has 3 N–H and O–H groups in total. The molecule has 1 aromatic rings. The van der Waals surface area contributed by atoms with Gasteiger partial charge in [0, 0.05) is 26.6 Å². The molecule has 100 valence electrons. The average molecular weight is 255 g/mol. The van der Waals surface area contributed by atoms with Gasteiger partial charge in [-0.05, 0) is 0 Å². The van der Waals surface area contributed by atoms with Crippen molar-refractivity contribution in [3.63, 3.8) is 0 Å². The number of aromatic nitrogens is 3. The monoisotopic (exact) mass is 255 g/mol. The summed E-state index contributed by atoms with van der Waals surface area (Å²) in [7, 11) is 3.19. The van der Waals surface area contributed by atoms with E-state index in [9.17, 15) is 5.11 Å². The van der Waals surface area contributed by atoms with Crippen LogP contribution in [0.4, 0.5) is 11.9 Å². The van der Waals surface area contributed by atoms with Crippen molar-refractivity contribution >= 4 is 11.9 Å². The number of methoxy groups -OCH3 is 1. The number of nitrogens with one attached hydrogen (secondary N) is 2. The average Bonchev–Trinajstić information content (AvgIpc) is 2.83. The van der Waals surface area contributed by atoms with Crippen LogP contribution >= 0.6 is 0 Å². The highest BCUT2D eigenvalue weighted by molar-refractivity contribution is 5.35. The predicted molar refractivity (Wildman–Crippen MR) is 64.8 cm³/mol. The summed E-state index contributed by atoms with van der Waals surface area (Å²) in [6, 6.07) is 0.214. The lowest BCUT2D eigenvalue weighted by molar-refractivity contribution is 0.0380. The highest BCUT2D eigenvalue weighted by atomic mass is 16.5. The van der Waals surface area contributed by atoms with Crippen molar-refractivity contribution in [3.05, 3.63) is 0 Å². The number of ether oxygens (including phenoxy) is 2. The first-order chi connectivity index (χ1) is 8.65. The number of anilines is 2. The summed E-state index contributed by atoms with van der Waals surface area (Å²) >= 11 is 0. The summed E-state index contributed by atoms with van der Waals surface area (Å²) in [6.07, 6.45) is 0.598. The maximum atomic E-state index is 10.1. The van der Waals surface area contributed by atoms with E-state index in [1.165, 1.54) is 7.11 Å². The number of aliphatic hydroxyl groups is 1. The Morgan fingerprint density at radius 1 is 1.39 bits per heavy atom. The van der Waals surface area contributed by atoms with Crippen molar-refractivity contribution < 1.29 is 14.6 Å². The van der Waals surface area contributed by atoms with E-state index in [0.717, 1.165) is 0 Å². The minimum atomic E-state index is -0.861. The molecule has 2 heterocycles. The second-order valence-electron chi connectivity index (χ2n) is 4.10. The van der Waals surface area contributed by atoms with Crippen LogP contribution in [0, 0.1) is 0 Å². The van der Waals surface area contributed by atoms with E-state index >= 15 is 0 Å². The third kappa shape index (κ3) is 2.96. The Morgan fingerprint density at radius 3 is 2.78 bits per heavy atom. The lowest BCUT2D eigenvalue weighted by atomic mass is 10.0. The van der Waals surface area contributed by atoms with Crippen molar-refractivity contribution in [1.82, 2.24) is 15.0 Å². The van der Waals surface area contributed by atoms with Gasteiger partial charge in [-0.1, -0.05) is 0 Å². The Labute approximate surface area is 105 Å². The van der Waals surface area contributed by atoms with Gasteiger partial charge in [-0.25, -0.2) is 0 Å². The Hall–Kier alpha value is -1.67. The highest BCUT2D eigenvalue weighted by Crippen LogP contribution is 2.19. The lowest BCUT2D eigenvalue weighted by Gasteiger charge is -2.20. The Balaban J connectivity index is 2.04. The third-order valence-corrected chi connectivity index (χ3v) is 2.68. The van der Waals surface area contributed by atoms with Crippen LogP contribution in [0.1, 0.15) is 6.42 Å². The first-order valence-corrected chi connectivity index (χ1v) is 5.67. The third-order valence-electron chi connectivity index (χ3n) is 2.68. The number of rotatable bonds is 5. The molecular formula is C10H17N5O3. The fraction of sp³-hybridized carbons (Fsp3) is 0.700. The van der Waals surface area contributed by atoms with Crippen LogP contribution in [0.2, 0.25) is 0 Å². The van der Waals surface area contributed by atoms with E-state index in [2.05, 4.69) is 25.6 Å². The van der Waals surface area contributed by atoms with E-state index in [-0.39, 0.29) is 6.01 Å². The van der Waals surface area contributed by atoms with E-state index < -0.39 is 5.60 Å². The Kier molecular flexibility index (Phi) is 3.78. The largest absolute Gasteiger partial charge is 0.467 e. The van der Waals surface area contributed by atoms with Crippen molar-refractivity contribution in [2.24, 2.45) is 0 Å². The van der Waals surface area contributed by atoms with Gasteiger partial charge < -0.3 is 25.2 Å². The van der Waals surface area contributed by atoms with Crippen LogP contribution in [0.3, 0.4) is 0 Å². The molecule has 0 amide bonds. The van der Waals surface area contributed by atoms with Crippen LogP contribution in [-0.2, 0) is 4.74 Å². The van der Waals surface area contributed by atoms with E-state index in [1.54, 1.807) is 7.05 Å². The first-order valence-electron chi connectivity index (χ1n) is 5.67. The van der Waals surface area contributed by atoms with Crippen molar-refractivity contribution in [1.29, 1.82) is 0 Å². The van der Waals surface area contributed by atoms with Gasteiger partial charge in [0.05, 0.1) is 13.7 Å². The molecule has 1 unspecified atom stereocenters. The molecule has 0 aliphatic carbocycles. The smallest absolute Gasteiger partial charge is 0.322 e. The van der Waals surface area contributed by atoms with Crippen LogP contribution in [0.5, 0.6) is 6.01 Å². The summed E-state index contributed by atoms with van der Waals surface area (Å²) < 4.78 is 10.1. The topological polar surface area (TPSA) is 101 Å². The van der Waals surface area contributed by atoms with Gasteiger partial charge in [0.25, 0.3) is 0 Å². The second kappa shape index (κ2) is 5.32. The molecule has 1 aliphatic rings. The second-order valence-corrected chi connectivity index (χ2v) is 4.10. The zero-order chi connectivity index (χ0) is 13.0. The van der Waals surface area contributed by atoms with Crippen molar-refractivity contribution in [2.75, 3.05) is 44.5 Å². The molecule has 1 atom stereocenters. The van der Waals surface area contributed by atoms with Gasteiger partial charge in [0.15, 0.2) is 0 Å². The summed E-state index contributed by atoms with van der Waals surface area (Å²) in [5.74, 6) is 0.755. The molecule has 1 fully saturated rings. The van der Waals surface area contributed by atoms with E-state index in [1.807, 2.05) is 0 Å². The molecule has 8 heteroatoms. The summed E-state index contributed by atoms with van der Waals surface area (Å²) in [5.41, 5.74) is -0.861. The van der Waals surface area contributed by atoms with Gasteiger partial charge >= 0.3 is 6.01 Å². The maximum absolute atomic E-state index is 10.1. The Morgan fingerprint density at radius 2 is 2.17 bits per heavy atom. The first kappa shape index (κ1) is 12.8. The summed E-state index contributed by atoms with van der Waals surface area (Å²) in [6.45, 7) is 1.21. The van der Waals surface area contributed by atoms with Gasteiger partial charge in [0.1, 0.15) is 5.60 Å². The van der Waals surface area contributed by atoms with E-state index in [4.69, 9.17) is 9.47 Å². The minimum Gasteiger partial charge on any atom is -0.467 e. The highest BCUT2D eigenvalue weighted by Gasteiger charge is 2.32. The van der Waals surface area contributed by atoms with Crippen LogP contribution in [-0.4, -0.2) is 59.6 Å². The minimum absolute atomic E-state index is 0.214. The normalized spacial score (nSPS) is 22.8.